The van der Waals surface area contributed by atoms with Gasteiger partial charge in [-0.3, -0.25) is 19.7 Å². The lowest BCUT2D eigenvalue weighted by molar-refractivity contribution is -0.193. The van der Waals surface area contributed by atoms with Crippen molar-refractivity contribution in [3.8, 4) is 0 Å². The van der Waals surface area contributed by atoms with Gasteiger partial charge in [0.25, 0.3) is 0 Å². The van der Waals surface area contributed by atoms with Crippen molar-refractivity contribution in [1.29, 1.82) is 0 Å². The maximum absolute atomic E-state index is 12.8. The zero-order valence-corrected chi connectivity index (χ0v) is 21.2. The van der Waals surface area contributed by atoms with E-state index in [2.05, 4.69) is 25.8 Å². The van der Waals surface area contributed by atoms with Gasteiger partial charge in [0.2, 0.25) is 5.91 Å². The number of hydrogen-bond donors (Lipinski definition) is 2. The van der Waals surface area contributed by atoms with Crippen molar-refractivity contribution >= 4 is 17.8 Å². The zero-order valence-electron chi connectivity index (χ0n) is 21.2. The van der Waals surface area contributed by atoms with Crippen LogP contribution in [0.2, 0.25) is 0 Å². The summed E-state index contributed by atoms with van der Waals surface area (Å²) in [6, 6.07) is 9.98. The number of carboxylic acids is 2. The number of carboxylic acid groups (broad SMARTS) is 2. The Balaban J connectivity index is 0.000000333. The minimum Gasteiger partial charge on any atom is -0.475 e. The molecule has 2 aliphatic rings. The van der Waals surface area contributed by atoms with Crippen LogP contribution in [0, 0.1) is 5.41 Å². The van der Waals surface area contributed by atoms with Crippen LogP contribution in [-0.2, 0) is 27.3 Å². The largest absolute Gasteiger partial charge is 0.490 e. The Bertz CT molecular complexity index is 1090. The maximum atomic E-state index is 12.8. The molecule has 2 aromatic rings. The Kier molecular flexibility index (Phi) is 11.4. The Morgan fingerprint density at radius 2 is 1.52 bits per heavy atom. The van der Waals surface area contributed by atoms with Crippen molar-refractivity contribution in [2.75, 3.05) is 26.2 Å². The van der Waals surface area contributed by atoms with E-state index >= 15 is 0 Å². The number of nitrogens with zero attached hydrogens (tertiary/aromatic N) is 4. The molecule has 1 amide bonds. The van der Waals surface area contributed by atoms with Gasteiger partial charge in [0.15, 0.2) is 0 Å². The van der Waals surface area contributed by atoms with Gasteiger partial charge in [-0.15, -0.1) is 0 Å². The monoisotopic (exact) mass is 578 g/mol. The fourth-order valence-electron chi connectivity index (χ4n) is 4.43. The molecule has 15 heteroatoms. The van der Waals surface area contributed by atoms with Gasteiger partial charge in [-0.25, -0.2) is 9.59 Å². The van der Waals surface area contributed by atoms with E-state index < -0.39 is 24.3 Å². The molecule has 0 saturated carbocycles. The van der Waals surface area contributed by atoms with E-state index in [1.165, 1.54) is 12.8 Å². The standard InChI is InChI=1S/C21H26N4O.2C2HF3O2/c26-20(13-18-5-3-9-22-14-18)25-11-4-7-21(17-25)8-12-24(16-21)15-19-6-1-2-10-23-19;2*3-2(4,5)1(6)7/h1-3,5-6,9-10,14H,4,7-8,11-13,15-17H2;2*(H,6,7). The van der Waals surface area contributed by atoms with E-state index in [0.717, 1.165) is 50.4 Å². The minimum atomic E-state index is -5.08. The van der Waals surface area contributed by atoms with E-state index in [0.29, 0.717) is 6.42 Å². The number of halogens is 6. The highest BCUT2D eigenvalue weighted by Crippen LogP contribution is 2.39. The highest BCUT2D eigenvalue weighted by molar-refractivity contribution is 5.78. The van der Waals surface area contributed by atoms with Crippen LogP contribution in [0.3, 0.4) is 0 Å². The number of pyridine rings is 2. The fraction of sp³-hybridized carbons (Fsp3) is 0.480. The third-order valence-electron chi connectivity index (χ3n) is 6.21. The van der Waals surface area contributed by atoms with Gasteiger partial charge in [0.05, 0.1) is 12.1 Å². The number of amides is 1. The number of piperidine rings is 1. The van der Waals surface area contributed by atoms with Crippen molar-refractivity contribution in [1.82, 2.24) is 19.8 Å². The molecule has 0 aliphatic carbocycles. The second kappa shape index (κ2) is 14.1. The van der Waals surface area contributed by atoms with Crippen molar-refractivity contribution in [3.05, 3.63) is 60.2 Å². The predicted octanol–water partition coefficient (Wildman–Crippen LogP) is 3.80. The fourth-order valence-corrected chi connectivity index (χ4v) is 4.43. The van der Waals surface area contributed by atoms with Gasteiger partial charge < -0.3 is 15.1 Å². The lowest BCUT2D eigenvalue weighted by Gasteiger charge is -2.40. The molecule has 1 spiro atoms. The third kappa shape index (κ3) is 10.8. The number of carbonyl (C=O) groups is 3. The van der Waals surface area contributed by atoms with Crippen LogP contribution in [0.1, 0.15) is 30.5 Å². The molecule has 2 fully saturated rings. The van der Waals surface area contributed by atoms with Crippen LogP contribution in [-0.4, -0.2) is 86.4 Å². The van der Waals surface area contributed by atoms with Crippen molar-refractivity contribution < 1.29 is 50.9 Å². The highest BCUT2D eigenvalue weighted by Gasteiger charge is 2.42. The summed E-state index contributed by atoms with van der Waals surface area (Å²) in [4.78, 5) is 43.7. The van der Waals surface area contributed by atoms with E-state index in [9.17, 15) is 31.1 Å². The predicted molar refractivity (Wildman–Crippen MR) is 128 cm³/mol. The van der Waals surface area contributed by atoms with Gasteiger partial charge >= 0.3 is 24.3 Å². The number of aliphatic carboxylic acids is 2. The molecule has 220 valence electrons. The summed E-state index contributed by atoms with van der Waals surface area (Å²) in [6.45, 7) is 4.86. The van der Waals surface area contributed by atoms with E-state index in [1.807, 2.05) is 30.5 Å². The Hall–Kier alpha value is -3.75. The Morgan fingerprint density at radius 3 is 2.05 bits per heavy atom. The molecule has 0 bridgehead atoms. The zero-order chi connectivity index (χ0) is 30.0. The number of hydrogen-bond acceptors (Lipinski definition) is 6. The molecule has 2 aromatic heterocycles. The van der Waals surface area contributed by atoms with Gasteiger partial charge in [0.1, 0.15) is 0 Å². The average Bonchev–Trinajstić information content (AvgIpc) is 3.26. The SMILES string of the molecule is O=C(Cc1cccnc1)N1CCCC2(CCN(Cc3ccccn3)C2)C1.O=C(O)C(F)(F)F.O=C(O)C(F)(F)F. The summed E-state index contributed by atoms with van der Waals surface area (Å²) in [5.41, 5.74) is 2.39. The molecule has 0 aromatic carbocycles. The summed E-state index contributed by atoms with van der Waals surface area (Å²) in [5, 5.41) is 14.2. The quantitative estimate of drug-likeness (QED) is 0.526. The summed E-state index contributed by atoms with van der Waals surface area (Å²) in [7, 11) is 0. The molecule has 1 atom stereocenters. The normalized spacial score (nSPS) is 19.2. The number of aromatic nitrogens is 2. The molecular formula is C25H28F6N4O5. The molecule has 40 heavy (non-hydrogen) atoms. The molecule has 0 radical (unpaired) electrons. The maximum Gasteiger partial charge on any atom is 0.490 e. The number of carbonyl (C=O) groups excluding carboxylic acids is 1. The third-order valence-corrected chi connectivity index (χ3v) is 6.21. The summed E-state index contributed by atoms with van der Waals surface area (Å²) in [5.74, 6) is -5.28. The van der Waals surface area contributed by atoms with Gasteiger partial charge in [-0.2, -0.15) is 26.3 Å². The topological polar surface area (TPSA) is 124 Å². The van der Waals surface area contributed by atoms with Crippen molar-refractivity contribution in [2.45, 2.75) is 44.6 Å². The first-order valence-corrected chi connectivity index (χ1v) is 12.0. The van der Waals surface area contributed by atoms with E-state index in [1.54, 1.807) is 12.4 Å². The van der Waals surface area contributed by atoms with Crippen molar-refractivity contribution in [3.63, 3.8) is 0 Å². The van der Waals surface area contributed by atoms with Crippen LogP contribution in [0.25, 0.3) is 0 Å². The van der Waals surface area contributed by atoms with Crippen LogP contribution < -0.4 is 0 Å². The molecule has 4 heterocycles. The van der Waals surface area contributed by atoms with Crippen molar-refractivity contribution in [2.24, 2.45) is 5.41 Å². The van der Waals surface area contributed by atoms with E-state index in [-0.39, 0.29) is 11.3 Å². The second-order valence-corrected chi connectivity index (χ2v) is 9.34. The summed E-state index contributed by atoms with van der Waals surface area (Å²) < 4.78 is 63.5. The second-order valence-electron chi connectivity index (χ2n) is 9.34. The van der Waals surface area contributed by atoms with Gasteiger partial charge in [0, 0.05) is 50.2 Å². The molecule has 2 saturated heterocycles. The minimum absolute atomic E-state index is 0.236. The highest BCUT2D eigenvalue weighted by atomic mass is 19.4. The first kappa shape index (κ1) is 32.5. The van der Waals surface area contributed by atoms with Crippen LogP contribution in [0.5, 0.6) is 0 Å². The lowest BCUT2D eigenvalue weighted by Crippen LogP contribution is -2.47. The number of rotatable bonds is 4. The first-order valence-electron chi connectivity index (χ1n) is 12.0. The number of alkyl halides is 6. The first-order chi connectivity index (χ1) is 18.6. The van der Waals surface area contributed by atoms with Crippen LogP contribution in [0.15, 0.2) is 48.9 Å². The van der Waals surface area contributed by atoms with Crippen LogP contribution >= 0.6 is 0 Å². The Labute approximate surface area is 225 Å². The summed E-state index contributed by atoms with van der Waals surface area (Å²) in [6.07, 6.45) is -0.794. The number of likely N-dealkylation sites (tertiary alicyclic amines) is 2. The smallest absolute Gasteiger partial charge is 0.475 e. The summed E-state index contributed by atoms with van der Waals surface area (Å²) >= 11 is 0. The lowest BCUT2D eigenvalue weighted by atomic mass is 9.79. The molecule has 2 aliphatic heterocycles. The Morgan fingerprint density at radius 1 is 0.875 bits per heavy atom. The van der Waals surface area contributed by atoms with Gasteiger partial charge in [-0.05, 0) is 49.6 Å². The van der Waals surface area contributed by atoms with Crippen LogP contribution in [0.4, 0.5) is 26.3 Å². The van der Waals surface area contributed by atoms with E-state index in [4.69, 9.17) is 19.8 Å². The molecule has 2 N–H and O–H groups in total. The molecule has 4 rings (SSSR count). The molecule has 9 nitrogen and oxygen atoms in total. The molecule has 1 unspecified atom stereocenters. The van der Waals surface area contributed by atoms with Gasteiger partial charge in [-0.1, -0.05) is 12.1 Å². The average molecular weight is 579 g/mol. The molecular weight excluding hydrogens is 550 g/mol.